The fourth-order valence-electron chi connectivity index (χ4n) is 1.19. The Balaban J connectivity index is 2.05. The van der Waals surface area contributed by atoms with Crippen LogP contribution in [0, 0.1) is 0 Å². The summed E-state index contributed by atoms with van der Waals surface area (Å²) in [6.07, 6.45) is 6.49. The van der Waals surface area contributed by atoms with Gasteiger partial charge in [-0.05, 0) is 25.0 Å². The van der Waals surface area contributed by atoms with Crippen molar-refractivity contribution in [2.24, 2.45) is 0 Å². The van der Waals surface area contributed by atoms with Gasteiger partial charge < -0.3 is 9.30 Å². The van der Waals surface area contributed by atoms with E-state index in [1.54, 1.807) is 0 Å². The molecular weight excluding hydrogens is 166 g/mol. The Morgan fingerprint density at radius 2 is 2.00 bits per heavy atom. The zero-order chi connectivity index (χ0) is 9.52. The van der Waals surface area contributed by atoms with E-state index in [0.717, 1.165) is 19.4 Å². The molecule has 0 spiro atoms. The van der Waals surface area contributed by atoms with Gasteiger partial charge in [-0.2, -0.15) is 0 Å². The van der Waals surface area contributed by atoms with Crippen LogP contribution in [0.5, 0.6) is 0 Å². The van der Waals surface area contributed by atoms with Crippen molar-refractivity contribution in [1.82, 2.24) is 4.57 Å². The molecule has 0 radical (unpaired) electrons. The van der Waals surface area contributed by atoms with E-state index in [2.05, 4.69) is 9.30 Å². The summed E-state index contributed by atoms with van der Waals surface area (Å²) in [5.41, 5.74) is 0. The predicted octanol–water partition coefficient (Wildman–Crippen LogP) is 1.83. The zero-order valence-corrected chi connectivity index (χ0v) is 7.90. The Hall–Kier alpha value is -1.25. The highest BCUT2D eigenvalue weighted by molar-refractivity contribution is 5.68. The standard InChI is InChI=1S/C10H15NO2/c1-13-10(12)6-2-3-7-11-8-4-5-9-11/h4-5,8-9H,2-3,6-7H2,1H3. The molecule has 1 aromatic rings. The quantitative estimate of drug-likeness (QED) is 0.512. The third kappa shape index (κ3) is 3.78. The van der Waals surface area contributed by atoms with Crippen LogP contribution in [0.4, 0.5) is 0 Å². The van der Waals surface area contributed by atoms with Gasteiger partial charge in [-0.25, -0.2) is 0 Å². The van der Waals surface area contributed by atoms with Crippen molar-refractivity contribution in [2.45, 2.75) is 25.8 Å². The highest BCUT2D eigenvalue weighted by Crippen LogP contribution is 2.00. The molecular formula is C10H15NO2. The van der Waals surface area contributed by atoms with E-state index in [9.17, 15) is 4.79 Å². The monoisotopic (exact) mass is 181 g/mol. The number of ether oxygens (including phenoxy) is 1. The molecule has 0 aromatic carbocycles. The van der Waals surface area contributed by atoms with Crippen LogP contribution >= 0.6 is 0 Å². The third-order valence-electron chi connectivity index (χ3n) is 1.94. The normalized spacial score (nSPS) is 9.92. The van der Waals surface area contributed by atoms with Gasteiger partial charge in [0.2, 0.25) is 0 Å². The fourth-order valence-corrected chi connectivity index (χ4v) is 1.19. The molecule has 72 valence electrons. The Kier molecular flexibility index (Phi) is 4.09. The second-order valence-corrected chi connectivity index (χ2v) is 2.95. The fraction of sp³-hybridized carbons (Fsp3) is 0.500. The maximum Gasteiger partial charge on any atom is 0.305 e. The summed E-state index contributed by atoms with van der Waals surface area (Å²) in [6, 6.07) is 4.00. The van der Waals surface area contributed by atoms with Gasteiger partial charge in [0, 0.05) is 25.4 Å². The molecule has 1 aromatic heterocycles. The number of aromatic nitrogens is 1. The molecule has 0 amide bonds. The lowest BCUT2D eigenvalue weighted by molar-refractivity contribution is -0.140. The van der Waals surface area contributed by atoms with Crippen LogP contribution in [-0.4, -0.2) is 17.6 Å². The van der Waals surface area contributed by atoms with Crippen LogP contribution in [0.3, 0.4) is 0 Å². The Morgan fingerprint density at radius 3 is 2.62 bits per heavy atom. The van der Waals surface area contributed by atoms with Gasteiger partial charge >= 0.3 is 5.97 Å². The van der Waals surface area contributed by atoms with E-state index >= 15 is 0 Å². The third-order valence-corrected chi connectivity index (χ3v) is 1.94. The van der Waals surface area contributed by atoms with Gasteiger partial charge in [-0.1, -0.05) is 0 Å². The summed E-state index contributed by atoms with van der Waals surface area (Å²) < 4.78 is 6.65. The second-order valence-electron chi connectivity index (χ2n) is 2.95. The first-order chi connectivity index (χ1) is 6.33. The molecule has 0 atom stereocenters. The minimum Gasteiger partial charge on any atom is -0.469 e. The van der Waals surface area contributed by atoms with Crippen LogP contribution in [0.15, 0.2) is 24.5 Å². The Labute approximate surface area is 78.3 Å². The number of methoxy groups -OCH3 is 1. The lowest BCUT2D eigenvalue weighted by atomic mass is 10.2. The molecule has 0 unspecified atom stereocenters. The second kappa shape index (κ2) is 5.41. The molecule has 0 fully saturated rings. The number of carbonyl (C=O) groups excluding carboxylic acids is 1. The molecule has 0 aliphatic rings. The van der Waals surface area contributed by atoms with Gasteiger partial charge in [-0.3, -0.25) is 4.79 Å². The predicted molar refractivity (Wildman–Crippen MR) is 50.3 cm³/mol. The van der Waals surface area contributed by atoms with E-state index in [1.807, 2.05) is 24.5 Å². The summed E-state index contributed by atoms with van der Waals surface area (Å²) >= 11 is 0. The van der Waals surface area contributed by atoms with Gasteiger partial charge in [-0.15, -0.1) is 0 Å². The molecule has 0 aliphatic heterocycles. The molecule has 13 heavy (non-hydrogen) atoms. The average Bonchev–Trinajstić information content (AvgIpc) is 2.64. The Bertz CT molecular complexity index is 241. The Morgan fingerprint density at radius 1 is 1.31 bits per heavy atom. The van der Waals surface area contributed by atoms with Crippen molar-refractivity contribution in [2.75, 3.05) is 7.11 Å². The van der Waals surface area contributed by atoms with Crippen molar-refractivity contribution < 1.29 is 9.53 Å². The zero-order valence-electron chi connectivity index (χ0n) is 7.90. The molecule has 1 heterocycles. The number of carbonyl (C=O) groups is 1. The largest absolute Gasteiger partial charge is 0.469 e. The lowest BCUT2D eigenvalue weighted by Crippen LogP contribution is -2.01. The molecule has 3 nitrogen and oxygen atoms in total. The topological polar surface area (TPSA) is 31.2 Å². The average molecular weight is 181 g/mol. The van der Waals surface area contributed by atoms with E-state index in [1.165, 1.54) is 7.11 Å². The minimum absolute atomic E-state index is 0.118. The first kappa shape index (κ1) is 9.84. The van der Waals surface area contributed by atoms with Crippen LogP contribution in [-0.2, 0) is 16.1 Å². The van der Waals surface area contributed by atoms with Crippen molar-refractivity contribution in [1.29, 1.82) is 0 Å². The van der Waals surface area contributed by atoms with Gasteiger partial charge in [0.1, 0.15) is 0 Å². The molecule has 0 saturated carbocycles. The molecule has 1 rings (SSSR count). The first-order valence-electron chi connectivity index (χ1n) is 4.50. The molecule has 3 heteroatoms. The minimum atomic E-state index is -0.118. The number of esters is 1. The lowest BCUT2D eigenvalue weighted by Gasteiger charge is -2.01. The van der Waals surface area contributed by atoms with Crippen molar-refractivity contribution in [3.8, 4) is 0 Å². The summed E-state index contributed by atoms with van der Waals surface area (Å²) in [5, 5.41) is 0. The molecule has 0 aliphatic carbocycles. The summed E-state index contributed by atoms with van der Waals surface area (Å²) in [6.45, 7) is 0.976. The highest BCUT2D eigenvalue weighted by Gasteiger charge is 1.98. The van der Waals surface area contributed by atoms with Crippen LogP contribution in [0.25, 0.3) is 0 Å². The summed E-state index contributed by atoms with van der Waals surface area (Å²) in [7, 11) is 1.42. The SMILES string of the molecule is COC(=O)CCCCn1cccc1. The van der Waals surface area contributed by atoms with Crippen LogP contribution in [0.2, 0.25) is 0 Å². The number of nitrogens with zero attached hydrogens (tertiary/aromatic N) is 1. The molecule has 0 bridgehead atoms. The van der Waals surface area contributed by atoms with Gasteiger partial charge in [0.05, 0.1) is 7.11 Å². The molecule has 0 saturated heterocycles. The van der Waals surface area contributed by atoms with E-state index in [-0.39, 0.29) is 5.97 Å². The smallest absolute Gasteiger partial charge is 0.305 e. The maximum absolute atomic E-state index is 10.7. The number of rotatable bonds is 5. The van der Waals surface area contributed by atoms with Crippen molar-refractivity contribution in [3.05, 3.63) is 24.5 Å². The number of unbranched alkanes of at least 4 members (excludes halogenated alkanes) is 1. The number of aryl methyl sites for hydroxylation is 1. The van der Waals surface area contributed by atoms with E-state index in [0.29, 0.717) is 6.42 Å². The van der Waals surface area contributed by atoms with Gasteiger partial charge in [0.15, 0.2) is 0 Å². The molecule has 0 N–H and O–H groups in total. The maximum atomic E-state index is 10.7. The summed E-state index contributed by atoms with van der Waals surface area (Å²) in [5.74, 6) is -0.118. The van der Waals surface area contributed by atoms with Crippen molar-refractivity contribution in [3.63, 3.8) is 0 Å². The van der Waals surface area contributed by atoms with E-state index in [4.69, 9.17) is 0 Å². The highest BCUT2D eigenvalue weighted by atomic mass is 16.5. The number of hydrogen-bond acceptors (Lipinski definition) is 2. The first-order valence-corrected chi connectivity index (χ1v) is 4.50. The van der Waals surface area contributed by atoms with Crippen LogP contribution in [0.1, 0.15) is 19.3 Å². The van der Waals surface area contributed by atoms with E-state index < -0.39 is 0 Å². The van der Waals surface area contributed by atoms with Gasteiger partial charge in [0.25, 0.3) is 0 Å². The van der Waals surface area contributed by atoms with Crippen molar-refractivity contribution >= 4 is 5.97 Å². The summed E-state index contributed by atoms with van der Waals surface area (Å²) in [4.78, 5) is 10.7. The number of hydrogen-bond donors (Lipinski definition) is 0. The van der Waals surface area contributed by atoms with Crippen LogP contribution < -0.4 is 0 Å².